The predicted octanol–water partition coefficient (Wildman–Crippen LogP) is 5.34. The maximum Gasteiger partial charge on any atom is 0.257 e. The normalized spacial score (nSPS) is 17.2. The maximum absolute atomic E-state index is 13.3. The first-order valence-electron chi connectivity index (χ1n) is 11.6. The summed E-state index contributed by atoms with van der Waals surface area (Å²) in [5.74, 6) is 3.04. The lowest BCUT2D eigenvalue weighted by molar-refractivity contribution is 0.0578. The Bertz CT molecular complexity index is 1280. The predicted molar refractivity (Wildman–Crippen MR) is 134 cm³/mol. The number of rotatable bonds is 2. The first kappa shape index (κ1) is 22.0. The molecular weight excluding hydrogens is 426 g/mol. The Morgan fingerprint density at radius 2 is 1.76 bits per heavy atom. The van der Waals surface area contributed by atoms with Crippen LogP contribution in [0.5, 0.6) is 17.2 Å². The first-order chi connectivity index (χ1) is 16.4. The Balaban J connectivity index is 1.47. The van der Waals surface area contributed by atoms with Crippen molar-refractivity contribution in [2.75, 3.05) is 26.7 Å². The van der Waals surface area contributed by atoms with Gasteiger partial charge in [0.2, 0.25) is 0 Å². The average molecular weight is 456 g/mol. The first-order valence-corrected chi connectivity index (χ1v) is 11.6. The fraction of sp³-hybridized carbons (Fsp3) is 0.286. The molecule has 0 aliphatic carbocycles. The van der Waals surface area contributed by atoms with Crippen molar-refractivity contribution < 1.29 is 14.3 Å². The van der Waals surface area contributed by atoms with Gasteiger partial charge in [-0.15, -0.1) is 0 Å². The molecule has 6 nitrogen and oxygen atoms in total. The van der Waals surface area contributed by atoms with Gasteiger partial charge in [0.05, 0.1) is 18.2 Å². The molecule has 1 atom stereocenters. The Morgan fingerprint density at radius 1 is 1.00 bits per heavy atom. The van der Waals surface area contributed by atoms with Crippen molar-refractivity contribution >= 4 is 17.4 Å². The van der Waals surface area contributed by atoms with Crippen molar-refractivity contribution in [1.29, 1.82) is 0 Å². The fourth-order valence-corrected chi connectivity index (χ4v) is 4.66. The zero-order valence-electron chi connectivity index (χ0n) is 20.0. The topological polar surface area (TPSA) is 54.4 Å². The molecule has 2 aliphatic rings. The molecule has 0 radical (unpaired) electrons. The van der Waals surface area contributed by atoms with Gasteiger partial charge in [-0.25, -0.2) is 4.99 Å². The van der Waals surface area contributed by atoms with E-state index in [1.807, 2.05) is 47.4 Å². The summed E-state index contributed by atoms with van der Waals surface area (Å²) in [4.78, 5) is 22.6. The number of hydrogen-bond acceptors (Lipinski definition) is 5. The van der Waals surface area contributed by atoms with E-state index in [2.05, 4.69) is 43.9 Å². The van der Waals surface area contributed by atoms with E-state index in [4.69, 9.17) is 14.5 Å². The van der Waals surface area contributed by atoms with E-state index in [9.17, 15) is 4.79 Å². The number of nitrogens with zero attached hydrogens (tertiary/aromatic N) is 3. The van der Waals surface area contributed by atoms with Crippen LogP contribution >= 0.6 is 0 Å². The van der Waals surface area contributed by atoms with Crippen LogP contribution in [0.1, 0.15) is 34.0 Å². The molecule has 34 heavy (non-hydrogen) atoms. The molecule has 0 aromatic heterocycles. The molecule has 2 aliphatic heterocycles. The van der Waals surface area contributed by atoms with Gasteiger partial charge in [-0.3, -0.25) is 4.79 Å². The molecule has 3 aromatic rings. The van der Waals surface area contributed by atoms with Crippen molar-refractivity contribution in [1.82, 2.24) is 9.80 Å². The van der Waals surface area contributed by atoms with E-state index >= 15 is 0 Å². The van der Waals surface area contributed by atoms with Crippen LogP contribution in [0.3, 0.4) is 0 Å². The number of ether oxygens (including phenoxy) is 2. The van der Waals surface area contributed by atoms with Crippen molar-refractivity contribution in [3.8, 4) is 17.2 Å². The molecule has 1 saturated heterocycles. The van der Waals surface area contributed by atoms with Crippen LogP contribution in [0.4, 0.5) is 5.69 Å². The van der Waals surface area contributed by atoms with Gasteiger partial charge < -0.3 is 19.3 Å². The summed E-state index contributed by atoms with van der Waals surface area (Å²) in [5, 5.41) is 0. The van der Waals surface area contributed by atoms with Gasteiger partial charge in [0.25, 0.3) is 5.91 Å². The van der Waals surface area contributed by atoms with Gasteiger partial charge >= 0.3 is 0 Å². The van der Waals surface area contributed by atoms with Crippen LogP contribution in [0.15, 0.2) is 65.7 Å². The highest BCUT2D eigenvalue weighted by atomic mass is 16.5. The summed E-state index contributed by atoms with van der Waals surface area (Å²) in [5.41, 5.74) is 4.66. The number of methoxy groups -OCH3 is 1. The van der Waals surface area contributed by atoms with Crippen molar-refractivity contribution in [3.63, 3.8) is 0 Å². The molecular formula is C28H29N3O3. The Kier molecular flexibility index (Phi) is 5.74. The summed E-state index contributed by atoms with van der Waals surface area (Å²) < 4.78 is 11.7. The Hall–Kier alpha value is -3.80. The van der Waals surface area contributed by atoms with Crippen LogP contribution in [0, 0.1) is 13.8 Å². The second-order valence-electron chi connectivity index (χ2n) is 9.00. The number of amides is 1. The molecule has 0 spiro atoms. The van der Waals surface area contributed by atoms with E-state index in [1.54, 1.807) is 7.11 Å². The lowest BCUT2D eigenvalue weighted by atomic mass is 10.1. The summed E-state index contributed by atoms with van der Waals surface area (Å²) in [6, 6.07) is 19.7. The minimum absolute atomic E-state index is 0.00350. The molecule has 0 N–H and O–H groups in total. The number of piperazine rings is 1. The number of aliphatic imine (C=N–C) groups is 1. The number of aryl methyl sites for hydroxylation is 2. The SMILES string of the molecule is COc1ccccc1C(=O)N1CCN(C2=Nc3ccc(C)cc3Oc3ccc(C)cc32)C[C@H]1C. The van der Waals surface area contributed by atoms with Crippen molar-refractivity contribution in [3.05, 3.63) is 82.9 Å². The molecule has 1 amide bonds. The molecule has 0 saturated carbocycles. The van der Waals surface area contributed by atoms with Crippen molar-refractivity contribution in [2.24, 2.45) is 4.99 Å². The van der Waals surface area contributed by atoms with Crippen LogP contribution in [0.2, 0.25) is 0 Å². The van der Waals surface area contributed by atoms with E-state index in [0.717, 1.165) is 39.7 Å². The third-order valence-electron chi connectivity index (χ3n) is 6.46. The third-order valence-corrected chi connectivity index (χ3v) is 6.46. The minimum Gasteiger partial charge on any atom is -0.496 e. The van der Waals surface area contributed by atoms with Crippen molar-refractivity contribution in [2.45, 2.75) is 26.8 Å². The number of amidine groups is 1. The standard InChI is InChI=1S/C28H29N3O3/c1-18-10-12-25-22(15-18)27(29-23-11-9-19(2)16-26(23)34-25)30-13-14-31(20(3)17-30)28(32)21-7-5-6-8-24(21)33-4/h5-12,15-16,20H,13-14,17H2,1-4H3/t20-/m1/s1. The molecule has 174 valence electrons. The second kappa shape index (κ2) is 8.86. The largest absolute Gasteiger partial charge is 0.496 e. The highest BCUT2D eigenvalue weighted by Crippen LogP contribution is 2.39. The van der Waals surface area contributed by atoms with Gasteiger partial charge in [-0.05, 0) is 62.7 Å². The quantitative estimate of drug-likeness (QED) is 0.523. The number of hydrogen-bond donors (Lipinski definition) is 0. The maximum atomic E-state index is 13.3. The van der Waals surface area contributed by atoms with Crippen LogP contribution in [0.25, 0.3) is 0 Å². The van der Waals surface area contributed by atoms with E-state index in [-0.39, 0.29) is 11.9 Å². The van der Waals surface area contributed by atoms with E-state index in [1.165, 1.54) is 0 Å². The number of carbonyl (C=O) groups excluding carboxylic acids is 1. The highest BCUT2D eigenvalue weighted by Gasteiger charge is 2.32. The molecule has 0 bridgehead atoms. The molecule has 6 heteroatoms. The Labute approximate surface area is 200 Å². The van der Waals surface area contributed by atoms with Gasteiger partial charge in [-0.1, -0.05) is 29.8 Å². The van der Waals surface area contributed by atoms with Gasteiger partial charge in [-0.2, -0.15) is 0 Å². The van der Waals surface area contributed by atoms with Gasteiger partial charge in [0, 0.05) is 25.7 Å². The second-order valence-corrected chi connectivity index (χ2v) is 9.00. The fourth-order valence-electron chi connectivity index (χ4n) is 4.66. The summed E-state index contributed by atoms with van der Waals surface area (Å²) in [6.45, 7) is 8.16. The average Bonchev–Trinajstić information content (AvgIpc) is 2.99. The zero-order chi connectivity index (χ0) is 23.8. The molecule has 0 unspecified atom stereocenters. The number of para-hydroxylation sites is 1. The summed E-state index contributed by atoms with van der Waals surface area (Å²) in [6.07, 6.45) is 0. The molecule has 5 rings (SSSR count). The molecule has 2 heterocycles. The minimum atomic E-state index is -0.00666. The Morgan fingerprint density at radius 3 is 2.56 bits per heavy atom. The third kappa shape index (κ3) is 4.00. The van der Waals surface area contributed by atoms with E-state index in [0.29, 0.717) is 30.9 Å². The summed E-state index contributed by atoms with van der Waals surface area (Å²) >= 11 is 0. The van der Waals surface area contributed by atoms with Crippen LogP contribution in [-0.2, 0) is 0 Å². The van der Waals surface area contributed by atoms with Crippen LogP contribution < -0.4 is 9.47 Å². The number of carbonyl (C=O) groups is 1. The number of benzene rings is 3. The van der Waals surface area contributed by atoms with Gasteiger partial charge in [0.15, 0.2) is 5.75 Å². The highest BCUT2D eigenvalue weighted by molar-refractivity contribution is 6.04. The zero-order valence-corrected chi connectivity index (χ0v) is 20.0. The lowest BCUT2D eigenvalue weighted by Crippen LogP contribution is -2.55. The monoisotopic (exact) mass is 455 g/mol. The van der Waals surface area contributed by atoms with Gasteiger partial charge in [0.1, 0.15) is 23.0 Å². The smallest absolute Gasteiger partial charge is 0.257 e. The molecule has 1 fully saturated rings. The molecule has 3 aromatic carbocycles. The number of fused-ring (bicyclic) bond motifs is 2. The van der Waals surface area contributed by atoms with Crippen LogP contribution in [-0.4, -0.2) is 54.3 Å². The summed E-state index contributed by atoms with van der Waals surface area (Å²) in [7, 11) is 1.60. The lowest BCUT2D eigenvalue weighted by Gasteiger charge is -2.41. The van der Waals surface area contributed by atoms with E-state index < -0.39 is 0 Å².